The number of carbonyl (C=O) groups is 2. The largest absolute Gasteiger partial charge is 0.462 e. The summed E-state index contributed by atoms with van der Waals surface area (Å²) < 4.78 is 10.6. The van der Waals surface area contributed by atoms with E-state index < -0.39 is 0 Å². The van der Waals surface area contributed by atoms with E-state index in [1.54, 1.807) is 24.3 Å². The highest BCUT2D eigenvalue weighted by Crippen LogP contribution is 2.11. The third-order valence-corrected chi connectivity index (χ3v) is 5.49. The lowest BCUT2D eigenvalue weighted by atomic mass is 10.1. The summed E-state index contributed by atoms with van der Waals surface area (Å²) in [5, 5.41) is 1.53. The Morgan fingerprint density at radius 1 is 0.607 bits per heavy atom. The van der Waals surface area contributed by atoms with Crippen molar-refractivity contribution in [2.45, 2.75) is 36.3 Å². The summed E-state index contributed by atoms with van der Waals surface area (Å²) in [4.78, 5) is 23.9. The van der Waals surface area contributed by atoms with Gasteiger partial charge in [0.1, 0.15) is 0 Å². The van der Waals surface area contributed by atoms with Gasteiger partial charge in [-0.25, -0.2) is 9.59 Å². The Balaban J connectivity index is 1.53. The van der Waals surface area contributed by atoms with Gasteiger partial charge in [0.2, 0.25) is 0 Å². The van der Waals surface area contributed by atoms with Crippen LogP contribution in [0.5, 0.6) is 0 Å². The first-order chi connectivity index (χ1) is 13.6. The van der Waals surface area contributed by atoms with Gasteiger partial charge in [-0.1, -0.05) is 56.1 Å². The summed E-state index contributed by atoms with van der Waals surface area (Å²) in [5.41, 5.74) is 3.38. The maximum atomic E-state index is 11.9. The van der Waals surface area contributed by atoms with Gasteiger partial charge in [-0.15, -0.1) is 0 Å². The number of halogens is 2. The predicted molar refractivity (Wildman–Crippen MR) is 117 cm³/mol. The van der Waals surface area contributed by atoms with Crippen molar-refractivity contribution < 1.29 is 19.1 Å². The molecule has 6 heteroatoms. The van der Waals surface area contributed by atoms with Crippen molar-refractivity contribution in [1.29, 1.82) is 0 Å². The molecule has 0 atom stereocenters. The second kappa shape index (κ2) is 12.7. The van der Waals surface area contributed by atoms with Crippen LogP contribution < -0.4 is 0 Å². The Morgan fingerprint density at radius 2 is 0.964 bits per heavy atom. The van der Waals surface area contributed by atoms with Crippen molar-refractivity contribution >= 4 is 43.8 Å². The predicted octanol–water partition coefficient (Wildman–Crippen LogP) is 6.05. The van der Waals surface area contributed by atoms with E-state index in [9.17, 15) is 9.59 Å². The molecule has 0 bridgehead atoms. The molecule has 0 saturated heterocycles. The fraction of sp³-hybridized carbons (Fsp3) is 0.364. The van der Waals surface area contributed by atoms with Gasteiger partial charge in [0.15, 0.2) is 0 Å². The lowest BCUT2D eigenvalue weighted by Gasteiger charge is -2.07. The number of hydrogen-bond donors (Lipinski definition) is 0. The van der Waals surface area contributed by atoms with E-state index in [2.05, 4.69) is 31.9 Å². The maximum Gasteiger partial charge on any atom is 0.338 e. The highest BCUT2D eigenvalue weighted by Gasteiger charge is 2.08. The van der Waals surface area contributed by atoms with E-state index >= 15 is 0 Å². The van der Waals surface area contributed by atoms with Crippen LogP contribution in [0.1, 0.15) is 57.5 Å². The van der Waals surface area contributed by atoms with Crippen LogP contribution in [0.3, 0.4) is 0 Å². The second-order valence-electron chi connectivity index (χ2n) is 6.35. The molecule has 150 valence electrons. The van der Waals surface area contributed by atoms with Gasteiger partial charge in [0.05, 0.1) is 24.3 Å². The molecule has 0 aliphatic heterocycles. The summed E-state index contributed by atoms with van der Waals surface area (Å²) in [5.74, 6) is -0.582. The third kappa shape index (κ3) is 7.76. The first-order valence-electron chi connectivity index (χ1n) is 9.28. The molecule has 28 heavy (non-hydrogen) atoms. The Hall–Kier alpha value is -1.66. The molecule has 0 spiro atoms. The van der Waals surface area contributed by atoms with Gasteiger partial charge < -0.3 is 9.47 Å². The molecule has 0 amide bonds. The van der Waals surface area contributed by atoms with Gasteiger partial charge in [-0.2, -0.15) is 0 Å². The van der Waals surface area contributed by atoms with Crippen LogP contribution in [0.2, 0.25) is 0 Å². The average molecular weight is 512 g/mol. The van der Waals surface area contributed by atoms with Crippen LogP contribution in [0.15, 0.2) is 48.5 Å². The number of unbranched alkanes of at least 4 members (excludes halogenated alkanes) is 3. The molecule has 0 unspecified atom stereocenters. The molecule has 4 nitrogen and oxygen atoms in total. The Kier molecular flexibility index (Phi) is 10.3. The summed E-state index contributed by atoms with van der Waals surface area (Å²) in [6, 6.07) is 14.7. The van der Waals surface area contributed by atoms with E-state index in [4.69, 9.17) is 9.47 Å². The minimum atomic E-state index is -0.291. The fourth-order valence-electron chi connectivity index (χ4n) is 2.51. The standard InChI is InChI=1S/C22H24Br2O4/c23-15-17-5-9-19(10-6-17)21(25)27-13-3-1-2-4-14-28-22(26)20-11-7-18(16-24)8-12-20/h5-12H,1-4,13-16H2. The number of carbonyl (C=O) groups excluding carboxylic acids is 2. The van der Waals surface area contributed by atoms with E-state index in [-0.39, 0.29) is 11.9 Å². The van der Waals surface area contributed by atoms with E-state index in [0.29, 0.717) is 24.3 Å². The minimum Gasteiger partial charge on any atom is -0.462 e. The molecule has 0 saturated carbocycles. The SMILES string of the molecule is O=C(OCCCCCCOC(=O)c1ccc(CBr)cc1)c1ccc(CBr)cc1. The molecule has 2 rings (SSSR count). The number of esters is 2. The minimum absolute atomic E-state index is 0.291. The number of rotatable bonds is 11. The van der Waals surface area contributed by atoms with Gasteiger partial charge >= 0.3 is 11.9 Å². The lowest BCUT2D eigenvalue weighted by molar-refractivity contribution is 0.0473. The number of hydrogen-bond acceptors (Lipinski definition) is 4. The topological polar surface area (TPSA) is 52.6 Å². The molecule has 0 aromatic heterocycles. The van der Waals surface area contributed by atoms with E-state index in [1.165, 1.54) is 0 Å². The van der Waals surface area contributed by atoms with E-state index in [0.717, 1.165) is 47.5 Å². The summed E-state index contributed by atoms with van der Waals surface area (Å²) in [6.07, 6.45) is 3.45. The van der Waals surface area contributed by atoms with Crippen LogP contribution in [-0.4, -0.2) is 25.2 Å². The molecule has 2 aromatic carbocycles. The van der Waals surface area contributed by atoms with Crippen molar-refractivity contribution in [3.8, 4) is 0 Å². The number of benzene rings is 2. The highest BCUT2D eigenvalue weighted by atomic mass is 79.9. The van der Waals surface area contributed by atoms with Crippen LogP contribution in [0.25, 0.3) is 0 Å². The highest BCUT2D eigenvalue weighted by molar-refractivity contribution is 9.08. The van der Waals surface area contributed by atoms with Gasteiger partial charge in [-0.05, 0) is 61.1 Å². The molecule has 0 aliphatic carbocycles. The zero-order chi connectivity index (χ0) is 20.2. The molecular formula is C22H24Br2O4. The summed E-state index contributed by atoms with van der Waals surface area (Å²) >= 11 is 6.75. The van der Waals surface area contributed by atoms with Crippen molar-refractivity contribution in [1.82, 2.24) is 0 Å². The number of alkyl halides is 2. The van der Waals surface area contributed by atoms with Gasteiger partial charge in [0.25, 0.3) is 0 Å². The second-order valence-corrected chi connectivity index (χ2v) is 7.47. The van der Waals surface area contributed by atoms with Crippen molar-refractivity contribution in [3.05, 3.63) is 70.8 Å². The zero-order valence-electron chi connectivity index (χ0n) is 15.7. The average Bonchev–Trinajstić information content (AvgIpc) is 2.75. The first-order valence-corrected chi connectivity index (χ1v) is 11.5. The van der Waals surface area contributed by atoms with Crippen LogP contribution >= 0.6 is 31.9 Å². The third-order valence-electron chi connectivity index (χ3n) is 4.19. The summed E-state index contributed by atoms with van der Waals surface area (Å²) in [6.45, 7) is 0.803. The fourth-order valence-corrected chi connectivity index (χ4v) is 3.26. The zero-order valence-corrected chi connectivity index (χ0v) is 18.8. The van der Waals surface area contributed by atoms with Gasteiger partial charge in [0, 0.05) is 10.7 Å². The smallest absolute Gasteiger partial charge is 0.338 e. The molecular weight excluding hydrogens is 488 g/mol. The van der Waals surface area contributed by atoms with Crippen molar-refractivity contribution in [2.75, 3.05) is 13.2 Å². The Labute approximate surface area is 182 Å². The molecule has 0 N–H and O–H groups in total. The van der Waals surface area contributed by atoms with Crippen LogP contribution in [0, 0.1) is 0 Å². The van der Waals surface area contributed by atoms with E-state index in [1.807, 2.05) is 24.3 Å². The molecule has 0 aliphatic rings. The monoisotopic (exact) mass is 510 g/mol. The van der Waals surface area contributed by atoms with Crippen LogP contribution in [0.4, 0.5) is 0 Å². The van der Waals surface area contributed by atoms with Gasteiger partial charge in [-0.3, -0.25) is 0 Å². The first kappa shape index (κ1) is 22.6. The summed E-state index contributed by atoms with van der Waals surface area (Å²) in [7, 11) is 0. The molecule has 0 heterocycles. The van der Waals surface area contributed by atoms with Crippen molar-refractivity contribution in [3.63, 3.8) is 0 Å². The molecule has 2 aromatic rings. The van der Waals surface area contributed by atoms with Crippen LogP contribution in [-0.2, 0) is 20.1 Å². The number of ether oxygens (including phenoxy) is 2. The Morgan fingerprint density at radius 3 is 1.29 bits per heavy atom. The molecule has 0 radical (unpaired) electrons. The molecule has 0 fully saturated rings. The quantitative estimate of drug-likeness (QED) is 0.209. The lowest BCUT2D eigenvalue weighted by Crippen LogP contribution is -2.07. The normalized spacial score (nSPS) is 10.5. The Bertz CT molecular complexity index is 677. The maximum absolute atomic E-state index is 11.9. The van der Waals surface area contributed by atoms with Crippen molar-refractivity contribution in [2.24, 2.45) is 0 Å².